The van der Waals surface area contributed by atoms with Crippen molar-refractivity contribution < 1.29 is 14.4 Å². The second kappa shape index (κ2) is 7.89. The number of hydrogen-bond acceptors (Lipinski definition) is 7. The molecule has 8 heteroatoms. The summed E-state index contributed by atoms with van der Waals surface area (Å²) in [6.07, 6.45) is 4.40. The van der Waals surface area contributed by atoms with E-state index in [2.05, 4.69) is 10.3 Å². The number of ether oxygens (including phenoxy) is 2. The van der Waals surface area contributed by atoms with Gasteiger partial charge in [0.2, 0.25) is 5.79 Å². The summed E-state index contributed by atoms with van der Waals surface area (Å²) >= 11 is 0. The molecule has 2 rings (SSSR count). The Hall–Kier alpha value is -2.19. The summed E-state index contributed by atoms with van der Waals surface area (Å²) in [6.45, 7) is 6.02. The summed E-state index contributed by atoms with van der Waals surface area (Å²) in [4.78, 5) is 16.3. The van der Waals surface area contributed by atoms with Crippen molar-refractivity contribution in [3.63, 3.8) is 0 Å². The van der Waals surface area contributed by atoms with E-state index < -0.39 is 10.7 Å². The molecule has 0 aliphatic carbocycles. The average molecular weight is 322 g/mol. The van der Waals surface area contributed by atoms with E-state index in [9.17, 15) is 10.1 Å². The van der Waals surface area contributed by atoms with E-state index in [4.69, 9.17) is 9.47 Å². The average Bonchev–Trinajstić information content (AvgIpc) is 2.51. The fourth-order valence-electron chi connectivity index (χ4n) is 2.61. The molecule has 8 nitrogen and oxygen atoms in total. The molecule has 126 valence electrons. The van der Waals surface area contributed by atoms with Crippen molar-refractivity contribution in [1.29, 1.82) is 0 Å². The van der Waals surface area contributed by atoms with E-state index in [0.29, 0.717) is 38.7 Å². The zero-order valence-electron chi connectivity index (χ0n) is 13.4. The summed E-state index contributed by atoms with van der Waals surface area (Å²) in [5.41, 5.74) is 0.951. The molecule has 0 spiro atoms. The fraction of sp³-hybridized carbons (Fsp3) is 0.533. The molecule has 0 aromatic carbocycles. The lowest BCUT2D eigenvalue weighted by atomic mass is 10.1. The second-order valence-corrected chi connectivity index (χ2v) is 5.15. The molecule has 1 fully saturated rings. The Morgan fingerprint density at radius 3 is 2.78 bits per heavy atom. The van der Waals surface area contributed by atoms with Crippen LogP contribution in [-0.4, -0.2) is 46.9 Å². The van der Waals surface area contributed by atoms with E-state index in [1.165, 1.54) is 0 Å². The van der Waals surface area contributed by atoms with Crippen LogP contribution in [0.5, 0.6) is 0 Å². The predicted octanol–water partition coefficient (Wildman–Crippen LogP) is 1.33. The van der Waals surface area contributed by atoms with Crippen LogP contribution in [0, 0.1) is 10.1 Å². The molecule has 0 atom stereocenters. The highest BCUT2D eigenvalue weighted by Gasteiger charge is 2.39. The van der Waals surface area contributed by atoms with Gasteiger partial charge < -0.3 is 19.7 Å². The lowest BCUT2D eigenvalue weighted by Crippen LogP contribution is -2.59. The third-order valence-electron chi connectivity index (χ3n) is 3.45. The number of rotatable bonds is 7. The molecule has 0 amide bonds. The van der Waals surface area contributed by atoms with Crippen molar-refractivity contribution in [2.24, 2.45) is 0 Å². The number of pyridine rings is 1. The number of nitrogens with zero attached hydrogens (tertiary/aromatic N) is 3. The highest BCUT2D eigenvalue weighted by Crippen LogP contribution is 2.24. The van der Waals surface area contributed by atoms with Crippen LogP contribution < -0.4 is 5.32 Å². The molecule has 1 aliphatic heterocycles. The monoisotopic (exact) mass is 322 g/mol. The molecule has 1 aliphatic rings. The minimum atomic E-state index is -0.820. The summed E-state index contributed by atoms with van der Waals surface area (Å²) < 4.78 is 11.6. The summed E-state index contributed by atoms with van der Waals surface area (Å²) in [5.74, 6) is -0.381. The zero-order valence-corrected chi connectivity index (χ0v) is 13.4. The Balaban J connectivity index is 2.23. The lowest BCUT2D eigenvalue weighted by molar-refractivity contribution is -0.405. The van der Waals surface area contributed by atoms with Crippen LogP contribution in [0.1, 0.15) is 19.4 Å². The maximum Gasteiger partial charge on any atom is 0.274 e. The van der Waals surface area contributed by atoms with Gasteiger partial charge in [0.05, 0.1) is 18.0 Å². The van der Waals surface area contributed by atoms with Crippen LogP contribution in [0.15, 0.2) is 36.5 Å². The summed E-state index contributed by atoms with van der Waals surface area (Å²) in [7, 11) is 0. The van der Waals surface area contributed by atoms with Crippen molar-refractivity contribution >= 4 is 0 Å². The van der Waals surface area contributed by atoms with Crippen molar-refractivity contribution in [1.82, 2.24) is 15.2 Å². The van der Waals surface area contributed by atoms with E-state index >= 15 is 0 Å². The third kappa shape index (κ3) is 4.64. The number of nitro groups is 1. The van der Waals surface area contributed by atoms with Crippen molar-refractivity contribution in [3.8, 4) is 0 Å². The molecule has 1 saturated heterocycles. The topological polar surface area (TPSA) is 89.8 Å². The Morgan fingerprint density at radius 2 is 2.22 bits per heavy atom. The highest BCUT2D eigenvalue weighted by molar-refractivity contribution is 5.12. The molecule has 0 unspecified atom stereocenters. The van der Waals surface area contributed by atoms with Crippen LogP contribution >= 0.6 is 0 Å². The molecule has 0 saturated carbocycles. The Kier molecular flexibility index (Phi) is 5.89. The van der Waals surface area contributed by atoms with Gasteiger partial charge in [0.25, 0.3) is 6.20 Å². The van der Waals surface area contributed by atoms with Crippen LogP contribution in [0.3, 0.4) is 0 Å². The molecular weight excluding hydrogens is 300 g/mol. The minimum Gasteiger partial charge on any atom is -0.361 e. The predicted molar refractivity (Wildman–Crippen MR) is 83.7 cm³/mol. The Labute approximate surface area is 135 Å². The number of hydrogen-bond donors (Lipinski definition) is 1. The van der Waals surface area contributed by atoms with Crippen molar-refractivity contribution in [2.45, 2.75) is 26.2 Å². The van der Waals surface area contributed by atoms with Crippen LogP contribution in [0.25, 0.3) is 0 Å². The first-order valence-electron chi connectivity index (χ1n) is 7.59. The minimum absolute atomic E-state index is 0.359. The molecule has 0 radical (unpaired) electrons. The van der Waals surface area contributed by atoms with Crippen LogP contribution in [-0.2, 0) is 16.0 Å². The molecule has 0 bridgehead atoms. The van der Waals surface area contributed by atoms with Crippen LogP contribution in [0.2, 0.25) is 0 Å². The third-order valence-corrected chi connectivity index (χ3v) is 3.45. The number of aromatic nitrogens is 1. The molecular formula is C15H22N4O4. The largest absolute Gasteiger partial charge is 0.361 e. The standard InChI is InChI=1S/C15H22N4O4/c1-3-22-15(23-4-2)11-17-14(10-19(20)21)18(12-15)9-13-6-5-7-16-8-13/h5-8,10,17H,3-4,9,11-12H2,1-2H3. The quantitative estimate of drug-likeness (QED) is 0.460. The van der Waals surface area contributed by atoms with Gasteiger partial charge in [0.1, 0.15) is 0 Å². The van der Waals surface area contributed by atoms with Crippen molar-refractivity contribution in [3.05, 3.63) is 52.2 Å². The maximum absolute atomic E-state index is 10.9. The van der Waals surface area contributed by atoms with Gasteiger partial charge in [0.15, 0.2) is 5.82 Å². The fourth-order valence-corrected chi connectivity index (χ4v) is 2.61. The smallest absolute Gasteiger partial charge is 0.274 e. The van der Waals surface area contributed by atoms with Gasteiger partial charge in [-0.1, -0.05) is 6.07 Å². The van der Waals surface area contributed by atoms with Gasteiger partial charge in [-0.2, -0.15) is 0 Å². The first kappa shape index (κ1) is 17.2. The molecule has 2 heterocycles. The van der Waals surface area contributed by atoms with Gasteiger partial charge in [0, 0.05) is 32.2 Å². The van der Waals surface area contributed by atoms with E-state index in [-0.39, 0.29) is 0 Å². The first-order valence-corrected chi connectivity index (χ1v) is 7.59. The lowest BCUT2D eigenvalue weighted by Gasteiger charge is -2.43. The second-order valence-electron chi connectivity index (χ2n) is 5.15. The molecule has 1 aromatic heterocycles. The van der Waals surface area contributed by atoms with Crippen molar-refractivity contribution in [2.75, 3.05) is 26.3 Å². The van der Waals surface area contributed by atoms with E-state index in [0.717, 1.165) is 11.8 Å². The van der Waals surface area contributed by atoms with Crippen LogP contribution in [0.4, 0.5) is 0 Å². The van der Waals surface area contributed by atoms with Gasteiger partial charge in [-0.15, -0.1) is 0 Å². The van der Waals surface area contributed by atoms with E-state index in [1.54, 1.807) is 12.4 Å². The summed E-state index contributed by atoms with van der Waals surface area (Å²) in [5, 5.41) is 13.9. The summed E-state index contributed by atoms with van der Waals surface area (Å²) in [6, 6.07) is 3.76. The molecule has 1 N–H and O–H groups in total. The van der Waals surface area contributed by atoms with Gasteiger partial charge in [-0.25, -0.2) is 0 Å². The Morgan fingerprint density at radius 1 is 1.48 bits per heavy atom. The normalized spacial score (nSPS) is 18.7. The first-order chi connectivity index (χ1) is 11.1. The Bertz CT molecular complexity index is 544. The van der Waals surface area contributed by atoms with Gasteiger partial charge >= 0.3 is 0 Å². The maximum atomic E-state index is 10.9. The van der Waals surface area contributed by atoms with E-state index in [1.807, 2.05) is 30.9 Å². The van der Waals surface area contributed by atoms with Gasteiger partial charge in [-0.05, 0) is 25.5 Å². The van der Waals surface area contributed by atoms with Gasteiger partial charge in [-0.3, -0.25) is 15.1 Å². The molecule has 1 aromatic rings. The SMILES string of the molecule is CCOC1(OCC)CNC(=C[N+](=O)[O-])N(Cc2cccnc2)C1. The molecule has 23 heavy (non-hydrogen) atoms. The number of nitrogens with one attached hydrogen (secondary N) is 1. The zero-order chi connectivity index (χ0) is 16.7. The highest BCUT2D eigenvalue weighted by atomic mass is 16.7.